The molecule has 0 aromatic rings. The molecule has 108 valence electrons. The largest absolute Gasteiger partial charge is 0.480 e. The fourth-order valence-corrected chi connectivity index (χ4v) is 2.61. The Morgan fingerprint density at radius 1 is 1.06 bits per heavy atom. The predicted octanol–water partition coefficient (Wildman–Crippen LogP) is -0.933. The molecule has 0 aliphatic heterocycles. The number of rotatable bonds is 8. The molecular weight excluding hydrogens is 298 g/mol. The lowest BCUT2D eigenvalue weighted by Gasteiger charge is -2.07. The second-order valence-electron chi connectivity index (χ2n) is 2.97. The van der Waals surface area contributed by atoms with E-state index in [0.29, 0.717) is 6.54 Å². The van der Waals surface area contributed by atoms with Gasteiger partial charge in [-0.2, -0.15) is 12.6 Å². The highest BCUT2D eigenvalue weighted by atomic mass is 33.1. The Kier molecular flexibility index (Phi) is 14.9. The van der Waals surface area contributed by atoms with Crippen LogP contribution in [0.2, 0.25) is 0 Å². The molecule has 2 unspecified atom stereocenters. The Morgan fingerprint density at radius 2 is 1.33 bits per heavy atom. The van der Waals surface area contributed by atoms with Crippen LogP contribution in [0.5, 0.6) is 0 Å². The second-order valence-corrected chi connectivity index (χ2v) is 5.97. The van der Waals surface area contributed by atoms with E-state index < -0.39 is 24.0 Å². The van der Waals surface area contributed by atoms with Crippen LogP contribution in [0.25, 0.3) is 0 Å². The Morgan fingerprint density at radius 3 is 1.50 bits per heavy atom. The summed E-state index contributed by atoms with van der Waals surface area (Å²) in [5.41, 5.74) is 15.4. The van der Waals surface area contributed by atoms with Crippen molar-refractivity contribution in [2.75, 3.05) is 23.8 Å². The third-order valence-corrected chi connectivity index (χ3v) is 4.07. The van der Waals surface area contributed by atoms with E-state index in [9.17, 15) is 9.59 Å². The summed E-state index contributed by atoms with van der Waals surface area (Å²) in [5, 5.41) is 16.8. The van der Waals surface area contributed by atoms with Gasteiger partial charge in [-0.3, -0.25) is 9.59 Å². The maximum atomic E-state index is 10.3. The molecule has 0 spiro atoms. The number of hydrogen-bond acceptors (Lipinski definition) is 8. The summed E-state index contributed by atoms with van der Waals surface area (Å²) in [6, 6.07) is -1.85. The number of carboxylic acids is 2. The average molecular weight is 317 g/mol. The molecule has 0 bridgehead atoms. The zero-order valence-electron chi connectivity index (χ0n) is 9.69. The van der Waals surface area contributed by atoms with Gasteiger partial charge in [0, 0.05) is 23.8 Å². The van der Waals surface area contributed by atoms with E-state index in [4.69, 9.17) is 27.4 Å². The molecule has 7 nitrogen and oxygen atoms in total. The predicted molar refractivity (Wildman–Crippen MR) is 79.0 cm³/mol. The molecule has 0 aromatic heterocycles. The minimum absolute atomic E-state index is 0.229. The molecule has 0 radical (unpaired) electrons. The van der Waals surface area contributed by atoms with Crippen LogP contribution in [0, 0.1) is 0 Å². The third-order valence-electron chi connectivity index (χ3n) is 1.34. The summed E-state index contributed by atoms with van der Waals surface area (Å²) in [4.78, 5) is 20.5. The van der Waals surface area contributed by atoms with E-state index in [-0.39, 0.29) is 11.5 Å². The highest BCUT2D eigenvalue weighted by Crippen LogP contribution is 2.22. The molecular formula is C8H19N3O4S3. The van der Waals surface area contributed by atoms with Gasteiger partial charge in [0.25, 0.3) is 0 Å². The summed E-state index contributed by atoms with van der Waals surface area (Å²) >= 11 is 3.80. The second kappa shape index (κ2) is 13.3. The minimum Gasteiger partial charge on any atom is -0.480 e. The van der Waals surface area contributed by atoms with E-state index >= 15 is 0 Å². The van der Waals surface area contributed by atoms with Crippen molar-refractivity contribution in [2.45, 2.75) is 12.1 Å². The van der Waals surface area contributed by atoms with Crippen LogP contribution in [0.15, 0.2) is 0 Å². The van der Waals surface area contributed by atoms with Crippen LogP contribution >= 0.6 is 34.2 Å². The van der Waals surface area contributed by atoms with Crippen molar-refractivity contribution >= 4 is 46.2 Å². The van der Waals surface area contributed by atoms with E-state index in [0.717, 1.165) is 5.75 Å². The maximum absolute atomic E-state index is 10.3. The zero-order valence-corrected chi connectivity index (χ0v) is 12.2. The quantitative estimate of drug-likeness (QED) is 0.189. The molecule has 10 heteroatoms. The number of nitrogens with two attached hydrogens (primary N) is 3. The van der Waals surface area contributed by atoms with Gasteiger partial charge in [0.15, 0.2) is 0 Å². The third kappa shape index (κ3) is 13.9. The van der Waals surface area contributed by atoms with Crippen molar-refractivity contribution in [3.05, 3.63) is 0 Å². The van der Waals surface area contributed by atoms with Gasteiger partial charge >= 0.3 is 11.9 Å². The van der Waals surface area contributed by atoms with E-state index in [1.54, 1.807) is 0 Å². The maximum Gasteiger partial charge on any atom is 0.321 e. The van der Waals surface area contributed by atoms with Gasteiger partial charge in [-0.15, -0.1) is 0 Å². The van der Waals surface area contributed by atoms with E-state index in [1.807, 2.05) is 0 Å². The fraction of sp³-hybridized carbons (Fsp3) is 0.750. The SMILES string of the molecule is NC(CSSCC(N)C(=O)O)C(=O)O.NCCS. The van der Waals surface area contributed by atoms with Crippen LogP contribution in [0.3, 0.4) is 0 Å². The number of aliphatic carboxylic acids is 2. The van der Waals surface area contributed by atoms with Gasteiger partial charge < -0.3 is 27.4 Å². The van der Waals surface area contributed by atoms with Crippen LogP contribution in [-0.4, -0.2) is 58.0 Å². The molecule has 0 amide bonds. The van der Waals surface area contributed by atoms with Gasteiger partial charge in [0.2, 0.25) is 0 Å². The van der Waals surface area contributed by atoms with Crippen molar-refractivity contribution in [1.82, 2.24) is 0 Å². The molecule has 18 heavy (non-hydrogen) atoms. The highest BCUT2D eigenvalue weighted by molar-refractivity contribution is 8.76. The molecule has 0 aliphatic rings. The van der Waals surface area contributed by atoms with Gasteiger partial charge in [-0.1, -0.05) is 21.6 Å². The fourth-order valence-electron chi connectivity index (χ4n) is 0.385. The molecule has 2 atom stereocenters. The number of thiol groups is 1. The monoisotopic (exact) mass is 317 g/mol. The summed E-state index contributed by atoms with van der Waals surface area (Å²) in [6.07, 6.45) is 0. The highest BCUT2D eigenvalue weighted by Gasteiger charge is 2.14. The Bertz CT molecular complexity index is 222. The molecule has 8 N–H and O–H groups in total. The Labute approximate surface area is 119 Å². The average Bonchev–Trinajstić information content (AvgIpc) is 2.33. The van der Waals surface area contributed by atoms with Gasteiger partial charge in [0.1, 0.15) is 12.1 Å². The van der Waals surface area contributed by atoms with Crippen molar-refractivity contribution in [3.63, 3.8) is 0 Å². The first-order valence-electron chi connectivity index (χ1n) is 4.88. The first-order valence-corrected chi connectivity index (χ1v) is 8.00. The van der Waals surface area contributed by atoms with Crippen LogP contribution in [0.1, 0.15) is 0 Å². The molecule has 0 aromatic carbocycles. The lowest BCUT2D eigenvalue weighted by atomic mass is 10.4. The summed E-state index contributed by atoms with van der Waals surface area (Å²) in [6.45, 7) is 0.684. The topological polar surface area (TPSA) is 153 Å². The first kappa shape index (κ1) is 20.2. The van der Waals surface area contributed by atoms with Crippen LogP contribution < -0.4 is 17.2 Å². The molecule has 0 rings (SSSR count). The first-order chi connectivity index (χ1) is 8.36. The summed E-state index contributed by atoms with van der Waals surface area (Å²) in [5.74, 6) is -0.889. The Balaban J connectivity index is 0. The van der Waals surface area contributed by atoms with Crippen LogP contribution in [0.4, 0.5) is 0 Å². The van der Waals surface area contributed by atoms with Crippen molar-refractivity contribution in [1.29, 1.82) is 0 Å². The van der Waals surface area contributed by atoms with Crippen LogP contribution in [-0.2, 0) is 9.59 Å². The summed E-state index contributed by atoms with van der Waals surface area (Å²) in [7, 11) is 2.41. The number of carboxylic acid groups (broad SMARTS) is 2. The van der Waals surface area contributed by atoms with Crippen molar-refractivity contribution in [3.8, 4) is 0 Å². The minimum atomic E-state index is -1.07. The van der Waals surface area contributed by atoms with Crippen molar-refractivity contribution in [2.24, 2.45) is 17.2 Å². The Hall–Kier alpha value is -0.130. The lowest BCUT2D eigenvalue weighted by molar-refractivity contribution is -0.138. The van der Waals surface area contributed by atoms with Gasteiger partial charge in [0.05, 0.1) is 0 Å². The molecule has 0 fully saturated rings. The molecule has 0 saturated heterocycles. The standard InChI is InChI=1S/C6H12N2O4S2.C2H7NS/c7-3(5(9)10)1-13-14-2-4(8)6(11)12;3-1-2-4/h3-4H,1-2,7-8H2,(H,9,10)(H,11,12);4H,1-3H2. The molecule has 0 heterocycles. The number of hydrogen-bond donors (Lipinski definition) is 6. The molecule has 0 aliphatic carbocycles. The normalized spacial score (nSPS) is 13.1. The smallest absolute Gasteiger partial charge is 0.321 e. The van der Waals surface area contributed by atoms with E-state index in [2.05, 4.69) is 12.6 Å². The molecule has 0 saturated carbocycles. The van der Waals surface area contributed by atoms with Gasteiger partial charge in [-0.25, -0.2) is 0 Å². The van der Waals surface area contributed by atoms with Crippen molar-refractivity contribution < 1.29 is 19.8 Å². The lowest BCUT2D eigenvalue weighted by Crippen LogP contribution is -2.33. The zero-order chi connectivity index (χ0) is 14.6. The summed E-state index contributed by atoms with van der Waals surface area (Å²) < 4.78 is 0. The number of carbonyl (C=O) groups is 2. The van der Waals surface area contributed by atoms with Gasteiger partial charge in [-0.05, 0) is 0 Å². The van der Waals surface area contributed by atoms with E-state index in [1.165, 1.54) is 21.6 Å².